The van der Waals surface area contributed by atoms with E-state index >= 15 is 0 Å². The highest BCUT2D eigenvalue weighted by atomic mass is 35.5. The van der Waals surface area contributed by atoms with E-state index in [1.165, 1.54) is 7.05 Å². The predicted octanol–water partition coefficient (Wildman–Crippen LogP) is -0.735. The minimum Gasteiger partial charge on any atom is -0.368 e. The lowest BCUT2D eigenvalue weighted by molar-refractivity contribution is -0.118. The van der Waals surface area contributed by atoms with Crippen molar-refractivity contribution in [3.8, 4) is 0 Å². The molecule has 14 heavy (non-hydrogen) atoms. The fourth-order valence-electron chi connectivity index (χ4n) is 0.692. The van der Waals surface area contributed by atoms with E-state index in [0.717, 1.165) is 0 Å². The lowest BCUT2D eigenvalue weighted by Crippen LogP contribution is -2.26. The minimum absolute atomic E-state index is 0.00408. The van der Waals surface area contributed by atoms with Crippen molar-refractivity contribution in [2.45, 2.75) is 0 Å². The van der Waals surface area contributed by atoms with E-state index in [-0.39, 0.29) is 29.6 Å². The zero-order valence-corrected chi connectivity index (χ0v) is 8.17. The summed E-state index contributed by atoms with van der Waals surface area (Å²) in [6.07, 6.45) is 0. The highest BCUT2D eigenvalue weighted by Crippen LogP contribution is 2.05. The van der Waals surface area contributed by atoms with Gasteiger partial charge in [0.05, 0.1) is 6.54 Å². The first kappa shape index (κ1) is 10.5. The highest BCUT2D eigenvalue weighted by Gasteiger charge is 2.03. The lowest BCUT2D eigenvalue weighted by atomic mass is 10.6. The van der Waals surface area contributed by atoms with Crippen LogP contribution in [0.25, 0.3) is 0 Å². The molecule has 0 spiro atoms. The van der Waals surface area contributed by atoms with Gasteiger partial charge in [-0.1, -0.05) is 0 Å². The molecule has 0 atom stereocenters. The fraction of sp³-hybridized carbons (Fsp3) is 0.333. The molecule has 0 saturated heterocycles. The summed E-state index contributed by atoms with van der Waals surface area (Å²) in [5, 5.41) is 5.05. The first-order valence-corrected chi connectivity index (χ1v) is 4.11. The molecule has 0 radical (unpaired) electrons. The van der Waals surface area contributed by atoms with Gasteiger partial charge in [-0.25, -0.2) is 0 Å². The molecule has 0 fully saturated rings. The molecule has 0 unspecified atom stereocenters. The molecule has 0 aliphatic heterocycles. The Morgan fingerprint density at radius 1 is 1.50 bits per heavy atom. The summed E-state index contributed by atoms with van der Waals surface area (Å²) >= 11 is 5.52. The van der Waals surface area contributed by atoms with Gasteiger partial charge in [-0.05, 0) is 11.6 Å². The summed E-state index contributed by atoms with van der Waals surface area (Å²) in [6.45, 7) is 0.0519. The highest BCUT2D eigenvalue weighted by molar-refractivity contribution is 6.28. The van der Waals surface area contributed by atoms with Gasteiger partial charge in [0, 0.05) is 7.05 Å². The van der Waals surface area contributed by atoms with Gasteiger partial charge in [-0.15, -0.1) is 0 Å². The van der Waals surface area contributed by atoms with Crippen LogP contribution in [-0.4, -0.2) is 34.5 Å². The number of aromatic nitrogens is 3. The van der Waals surface area contributed by atoms with Crippen LogP contribution in [0.4, 0.5) is 11.9 Å². The second kappa shape index (κ2) is 4.56. The summed E-state index contributed by atoms with van der Waals surface area (Å²) in [6, 6.07) is 0. The summed E-state index contributed by atoms with van der Waals surface area (Å²) in [5.41, 5.74) is 5.31. The molecule has 76 valence electrons. The van der Waals surface area contributed by atoms with E-state index in [1.807, 2.05) is 0 Å². The first-order chi connectivity index (χ1) is 6.61. The summed E-state index contributed by atoms with van der Waals surface area (Å²) in [7, 11) is 1.53. The molecule has 0 saturated carbocycles. The third-order valence-corrected chi connectivity index (χ3v) is 1.48. The Bertz CT molecular complexity index is 323. The van der Waals surface area contributed by atoms with Crippen LogP contribution in [0.15, 0.2) is 0 Å². The van der Waals surface area contributed by atoms with Crippen LogP contribution in [0.1, 0.15) is 0 Å². The molecule has 1 aromatic rings. The summed E-state index contributed by atoms with van der Waals surface area (Å²) < 4.78 is 0. The molecule has 0 aliphatic carbocycles. The van der Waals surface area contributed by atoms with Gasteiger partial charge in [0.25, 0.3) is 0 Å². The van der Waals surface area contributed by atoms with Crippen LogP contribution in [0.3, 0.4) is 0 Å². The van der Waals surface area contributed by atoms with E-state index in [0.29, 0.717) is 0 Å². The van der Waals surface area contributed by atoms with Gasteiger partial charge in [0.15, 0.2) is 0 Å². The van der Waals surface area contributed by atoms with Gasteiger partial charge >= 0.3 is 0 Å². The zero-order chi connectivity index (χ0) is 10.6. The number of halogens is 1. The third-order valence-electron chi connectivity index (χ3n) is 1.31. The predicted molar refractivity (Wildman–Crippen MR) is 51.8 cm³/mol. The maximum Gasteiger partial charge on any atom is 0.239 e. The van der Waals surface area contributed by atoms with E-state index in [2.05, 4.69) is 25.6 Å². The Morgan fingerprint density at radius 3 is 2.79 bits per heavy atom. The van der Waals surface area contributed by atoms with E-state index < -0.39 is 0 Å². The largest absolute Gasteiger partial charge is 0.368 e. The second-order valence-corrected chi connectivity index (χ2v) is 2.65. The Kier molecular flexibility index (Phi) is 3.41. The van der Waals surface area contributed by atoms with Gasteiger partial charge in [0.2, 0.25) is 23.1 Å². The standard InChI is InChI=1S/C6H9ClN6O/c1-9-3(14)2-10-6-12-4(7)11-5(8)13-6/h2H2,1H3,(H,9,14)(H3,8,10,11,12,13). The quantitative estimate of drug-likeness (QED) is 0.615. The van der Waals surface area contributed by atoms with Gasteiger partial charge < -0.3 is 16.4 Å². The van der Waals surface area contributed by atoms with Crippen molar-refractivity contribution in [3.63, 3.8) is 0 Å². The number of amides is 1. The number of carbonyl (C=O) groups excluding carboxylic acids is 1. The Balaban J connectivity index is 2.63. The Morgan fingerprint density at radius 2 is 2.21 bits per heavy atom. The molecule has 0 bridgehead atoms. The van der Waals surface area contributed by atoms with Crippen molar-refractivity contribution < 1.29 is 4.79 Å². The van der Waals surface area contributed by atoms with Crippen molar-refractivity contribution in [1.29, 1.82) is 0 Å². The van der Waals surface area contributed by atoms with Crippen LogP contribution in [0.2, 0.25) is 5.28 Å². The third kappa shape index (κ3) is 3.02. The summed E-state index contributed by atoms with van der Waals surface area (Å²) in [5.74, 6) is -0.0180. The van der Waals surface area contributed by atoms with Crippen molar-refractivity contribution in [2.75, 3.05) is 24.6 Å². The van der Waals surface area contributed by atoms with Crippen LogP contribution in [0.5, 0.6) is 0 Å². The zero-order valence-electron chi connectivity index (χ0n) is 7.41. The van der Waals surface area contributed by atoms with Crippen LogP contribution in [0, 0.1) is 0 Å². The number of hydrogen-bond acceptors (Lipinski definition) is 6. The number of carbonyl (C=O) groups is 1. The normalized spacial score (nSPS) is 9.57. The smallest absolute Gasteiger partial charge is 0.239 e. The van der Waals surface area contributed by atoms with Gasteiger partial charge in [0.1, 0.15) is 0 Å². The number of nitrogens with one attached hydrogen (secondary N) is 2. The molecule has 8 heteroatoms. The number of hydrogen-bond donors (Lipinski definition) is 3. The molecule has 1 amide bonds. The second-order valence-electron chi connectivity index (χ2n) is 2.31. The monoisotopic (exact) mass is 216 g/mol. The number of rotatable bonds is 3. The first-order valence-electron chi connectivity index (χ1n) is 3.73. The maximum atomic E-state index is 10.8. The Hall–Kier alpha value is -1.63. The number of nitrogens with zero attached hydrogens (tertiary/aromatic N) is 3. The van der Waals surface area contributed by atoms with E-state index in [4.69, 9.17) is 17.3 Å². The lowest BCUT2D eigenvalue weighted by Gasteiger charge is -2.03. The molecule has 7 nitrogen and oxygen atoms in total. The number of nitrogens with two attached hydrogens (primary N) is 1. The van der Waals surface area contributed by atoms with E-state index in [9.17, 15) is 4.79 Å². The van der Waals surface area contributed by atoms with Crippen molar-refractivity contribution in [1.82, 2.24) is 20.3 Å². The molecular formula is C6H9ClN6O. The molecular weight excluding hydrogens is 208 g/mol. The molecule has 0 aliphatic rings. The number of anilines is 2. The van der Waals surface area contributed by atoms with Crippen molar-refractivity contribution in [2.24, 2.45) is 0 Å². The van der Waals surface area contributed by atoms with Crippen LogP contribution in [-0.2, 0) is 4.79 Å². The average molecular weight is 217 g/mol. The van der Waals surface area contributed by atoms with Crippen LogP contribution >= 0.6 is 11.6 Å². The Labute approximate surface area is 85.1 Å². The van der Waals surface area contributed by atoms with Crippen molar-refractivity contribution >= 4 is 29.4 Å². The average Bonchev–Trinajstić information content (AvgIpc) is 2.12. The molecule has 4 N–H and O–H groups in total. The maximum absolute atomic E-state index is 10.8. The number of nitrogen functional groups attached to an aromatic ring is 1. The van der Waals surface area contributed by atoms with Gasteiger partial charge in [-0.2, -0.15) is 15.0 Å². The van der Waals surface area contributed by atoms with Crippen LogP contribution < -0.4 is 16.4 Å². The van der Waals surface area contributed by atoms with Crippen molar-refractivity contribution in [3.05, 3.63) is 5.28 Å². The fourth-order valence-corrected chi connectivity index (χ4v) is 0.859. The summed E-state index contributed by atoms with van der Waals surface area (Å²) in [4.78, 5) is 21.8. The molecule has 1 heterocycles. The molecule has 1 aromatic heterocycles. The topological polar surface area (TPSA) is 106 Å². The number of likely N-dealkylation sites (N-methyl/N-ethyl adjacent to an activating group) is 1. The molecule has 1 rings (SSSR count). The minimum atomic E-state index is -0.194. The van der Waals surface area contributed by atoms with Gasteiger partial charge in [-0.3, -0.25) is 4.79 Å². The SMILES string of the molecule is CNC(=O)CNc1nc(N)nc(Cl)n1. The molecule has 0 aromatic carbocycles. The van der Waals surface area contributed by atoms with E-state index in [1.54, 1.807) is 0 Å².